The number of nitrogens with one attached hydrogen (secondary N) is 2. The molecule has 0 saturated carbocycles. The van der Waals surface area contributed by atoms with E-state index >= 15 is 0 Å². The lowest BCUT2D eigenvalue weighted by Crippen LogP contribution is -2.57. The minimum Gasteiger partial charge on any atom is -0.481 e. The van der Waals surface area contributed by atoms with Crippen molar-refractivity contribution in [3.05, 3.63) is 0 Å². The summed E-state index contributed by atoms with van der Waals surface area (Å²) in [5.74, 6) is -0.995. The van der Waals surface area contributed by atoms with Crippen molar-refractivity contribution in [3.63, 3.8) is 0 Å². The monoisotopic (exact) mass is 273 g/mol. The average molecular weight is 273 g/mol. The van der Waals surface area contributed by atoms with E-state index in [1.807, 2.05) is 0 Å². The number of aromatic nitrogens is 3. The van der Waals surface area contributed by atoms with Crippen molar-refractivity contribution in [2.75, 3.05) is 5.32 Å². The fraction of sp³-hybridized carbons (Fsp3) is 0.667. The summed E-state index contributed by atoms with van der Waals surface area (Å²) in [6, 6.07) is -0.548. The molecule has 0 atom stereocenters. The Kier molecular flexibility index (Phi) is 3.85. The van der Waals surface area contributed by atoms with Crippen molar-refractivity contribution >= 4 is 28.7 Å². The molecular formula is C9H15N5O3S. The number of carbonyl (C=O) groups excluding carboxylic acids is 1. The van der Waals surface area contributed by atoms with Gasteiger partial charge in [-0.1, -0.05) is 9.59 Å². The molecule has 1 rings (SSSR count). The van der Waals surface area contributed by atoms with Gasteiger partial charge in [-0.25, -0.2) is 4.79 Å². The van der Waals surface area contributed by atoms with Gasteiger partial charge in [0.15, 0.2) is 0 Å². The first-order valence-corrected chi connectivity index (χ1v) is 5.92. The number of hydrogen-bond donors (Lipinski definition) is 3. The van der Waals surface area contributed by atoms with Crippen LogP contribution >= 0.6 is 11.5 Å². The topological polar surface area (TPSA) is 117 Å². The van der Waals surface area contributed by atoms with Gasteiger partial charge in [0.2, 0.25) is 5.13 Å². The van der Waals surface area contributed by atoms with Gasteiger partial charge in [0, 0.05) is 11.5 Å². The number of nitrogens with zero attached hydrogens (tertiary/aromatic N) is 3. The van der Waals surface area contributed by atoms with Crippen molar-refractivity contribution in [1.29, 1.82) is 0 Å². The second-order valence-corrected chi connectivity index (χ2v) is 5.53. The standard InChI is InChI=1S/C9H15N5O3S/c1-8(2,5(15)16)9(3,4)11-6(17)10-7-12-13-14-18-7/h1-4H3,(H,15,16)(H2,10,11,12,14,17). The zero-order valence-electron chi connectivity index (χ0n) is 10.5. The molecule has 0 aromatic carbocycles. The SMILES string of the molecule is CC(C)(NC(=O)Nc1nnns1)C(C)(C)C(=O)O. The van der Waals surface area contributed by atoms with E-state index in [0.29, 0.717) is 0 Å². The minimum absolute atomic E-state index is 0.247. The van der Waals surface area contributed by atoms with Crippen molar-refractivity contribution in [1.82, 2.24) is 20.1 Å². The molecule has 0 aliphatic carbocycles. The van der Waals surface area contributed by atoms with E-state index in [-0.39, 0.29) is 5.13 Å². The molecule has 0 spiro atoms. The van der Waals surface area contributed by atoms with Crippen LogP contribution in [0.2, 0.25) is 0 Å². The molecule has 1 aromatic heterocycles. The van der Waals surface area contributed by atoms with Crippen LogP contribution in [-0.4, -0.2) is 37.4 Å². The Morgan fingerprint density at radius 3 is 2.33 bits per heavy atom. The Morgan fingerprint density at radius 1 is 1.28 bits per heavy atom. The summed E-state index contributed by atoms with van der Waals surface area (Å²) >= 11 is 0.931. The molecule has 1 heterocycles. The van der Waals surface area contributed by atoms with Crippen molar-refractivity contribution in [2.45, 2.75) is 33.2 Å². The van der Waals surface area contributed by atoms with Crippen LogP contribution in [0.15, 0.2) is 0 Å². The van der Waals surface area contributed by atoms with E-state index in [1.54, 1.807) is 27.7 Å². The van der Waals surface area contributed by atoms with Crippen molar-refractivity contribution < 1.29 is 14.7 Å². The summed E-state index contributed by atoms with van der Waals surface area (Å²) in [5.41, 5.74) is -2.06. The Balaban J connectivity index is 2.71. The molecule has 0 aliphatic heterocycles. The number of carboxylic acid groups (broad SMARTS) is 1. The van der Waals surface area contributed by atoms with Crippen LogP contribution in [0, 0.1) is 5.41 Å². The zero-order chi connectivity index (χ0) is 14.0. The maximum atomic E-state index is 11.7. The fourth-order valence-corrected chi connectivity index (χ4v) is 1.38. The first-order chi connectivity index (χ1) is 8.17. The van der Waals surface area contributed by atoms with Gasteiger partial charge in [0.1, 0.15) is 0 Å². The van der Waals surface area contributed by atoms with Gasteiger partial charge in [0.05, 0.1) is 11.0 Å². The first kappa shape index (κ1) is 14.3. The van der Waals surface area contributed by atoms with Gasteiger partial charge in [-0.3, -0.25) is 10.1 Å². The number of rotatable bonds is 4. The van der Waals surface area contributed by atoms with Crippen LogP contribution in [0.25, 0.3) is 0 Å². The summed E-state index contributed by atoms with van der Waals surface area (Å²) in [5, 5.41) is 21.3. The Labute approximate surface area is 108 Å². The summed E-state index contributed by atoms with van der Waals surface area (Å²) in [4.78, 5) is 22.9. The Bertz CT molecular complexity index is 443. The maximum absolute atomic E-state index is 11.7. The molecule has 2 amide bonds. The molecule has 100 valence electrons. The highest BCUT2D eigenvalue weighted by molar-refractivity contribution is 7.09. The molecule has 0 radical (unpaired) electrons. The normalized spacial score (nSPS) is 12.0. The van der Waals surface area contributed by atoms with Gasteiger partial charge in [0.25, 0.3) is 0 Å². The summed E-state index contributed by atoms with van der Waals surface area (Å²) in [6.45, 7) is 6.36. The van der Waals surface area contributed by atoms with Crippen LogP contribution in [0.5, 0.6) is 0 Å². The number of urea groups is 1. The van der Waals surface area contributed by atoms with Crippen LogP contribution < -0.4 is 10.6 Å². The zero-order valence-corrected chi connectivity index (χ0v) is 11.3. The summed E-state index contributed by atoms with van der Waals surface area (Å²) in [6.07, 6.45) is 0. The summed E-state index contributed by atoms with van der Waals surface area (Å²) < 4.78 is 3.49. The molecule has 0 bridgehead atoms. The van der Waals surface area contributed by atoms with Gasteiger partial charge in [-0.05, 0) is 32.9 Å². The van der Waals surface area contributed by atoms with Crippen LogP contribution in [-0.2, 0) is 4.79 Å². The first-order valence-electron chi connectivity index (χ1n) is 5.14. The van der Waals surface area contributed by atoms with Gasteiger partial charge < -0.3 is 10.4 Å². The number of aliphatic carboxylic acids is 1. The highest BCUT2D eigenvalue weighted by Crippen LogP contribution is 2.30. The maximum Gasteiger partial charge on any atom is 0.321 e. The summed E-state index contributed by atoms with van der Waals surface area (Å²) in [7, 11) is 0. The van der Waals surface area contributed by atoms with Crippen LogP contribution in [0.3, 0.4) is 0 Å². The largest absolute Gasteiger partial charge is 0.481 e. The Hall–Kier alpha value is -1.77. The minimum atomic E-state index is -1.12. The molecule has 1 aromatic rings. The number of carbonyl (C=O) groups is 2. The Morgan fingerprint density at radius 2 is 1.89 bits per heavy atom. The third-order valence-electron chi connectivity index (χ3n) is 3.04. The van der Waals surface area contributed by atoms with E-state index in [2.05, 4.69) is 25.4 Å². The predicted molar refractivity (Wildman–Crippen MR) is 65.4 cm³/mol. The fourth-order valence-electron chi connectivity index (χ4n) is 1.02. The third-order valence-corrected chi connectivity index (χ3v) is 3.55. The number of anilines is 1. The van der Waals surface area contributed by atoms with E-state index < -0.39 is 23.0 Å². The van der Waals surface area contributed by atoms with Crippen LogP contribution in [0.4, 0.5) is 9.93 Å². The lowest BCUT2D eigenvalue weighted by atomic mass is 9.74. The van der Waals surface area contributed by atoms with E-state index in [1.165, 1.54) is 0 Å². The molecule has 3 N–H and O–H groups in total. The predicted octanol–water partition coefficient (Wildman–Crippen LogP) is 0.944. The van der Waals surface area contributed by atoms with E-state index in [9.17, 15) is 9.59 Å². The quantitative estimate of drug-likeness (QED) is 0.751. The van der Waals surface area contributed by atoms with Crippen molar-refractivity contribution in [2.24, 2.45) is 5.41 Å². The molecule has 8 nitrogen and oxygen atoms in total. The second kappa shape index (κ2) is 4.84. The highest BCUT2D eigenvalue weighted by Gasteiger charge is 2.44. The van der Waals surface area contributed by atoms with Gasteiger partial charge in [-0.2, -0.15) is 0 Å². The molecule has 0 fully saturated rings. The molecule has 0 aliphatic rings. The lowest BCUT2D eigenvalue weighted by molar-refractivity contribution is -0.150. The second-order valence-electron chi connectivity index (χ2n) is 4.80. The number of hydrogen-bond acceptors (Lipinski definition) is 6. The van der Waals surface area contributed by atoms with Crippen LogP contribution in [0.1, 0.15) is 27.7 Å². The average Bonchev–Trinajstić information content (AvgIpc) is 2.68. The molecular weight excluding hydrogens is 258 g/mol. The smallest absolute Gasteiger partial charge is 0.321 e. The molecule has 0 saturated heterocycles. The van der Waals surface area contributed by atoms with Gasteiger partial charge >= 0.3 is 12.0 Å². The molecule has 0 unspecified atom stereocenters. The van der Waals surface area contributed by atoms with Crippen molar-refractivity contribution in [3.8, 4) is 0 Å². The third kappa shape index (κ3) is 2.92. The van der Waals surface area contributed by atoms with E-state index in [4.69, 9.17) is 5.11 Å². The molecule has 18 heavy (non-hydrogen) atoms. The molecule has 9 heteroatoms. The van der Waals surface area contributed by atoms with E-state index in [0.717, 1.165) is 11.5 Å². The lowest BCUT2D eigenvalue weighted by Gasteiger charge is -2.38. The number of amides is 2. The highest BCUT2D eigenvalue weighted by atomic mass is 32.1. The van der Waals surface area contributed by atoms with Gasteiger partial charge in [-0.15, -0.1) is 0 Å². The number of carboxylic acids is 1.